The lowest BCUT2D eigenvalue weighted by atomic mass is 10.2. The number of nitrogens with zero attached hydrogens (tertiary/aromatic N) is 4. The summed E-state index contributed by atoms with van der Waals surface area (Å²) in [5, 5.41) is 21.3. The number of aromatic carboxylic acids is 1. The molecule has 0 saturated carbocycles. The molecule has 0 bridgehead atoms. The zero-order valence-electron chi connectivity index (χ0n) is 16.5. The van der Waals surface area contributed by atoms with Crippen LogP contribution in [0.25, 0.3) is 17.1 Å². The zero-order chi connectivity index (χ0) is 22.5. The van der Waals surface area contributed by atoms with Crippen LogP contribution in [0.15, 0.2) is 78.2 Å². The largest absolute Gasteiger partial charge is 0.478 e. The van der Waals surface area contributed by atoms with Crippen LogP contribution < -0.4 is 5.32 Å². The quantitative estimate of drug-likeness (QED) is 0.389. The summed E-state index contributed by atoms with van der Waals surface area (Å²) < 4.78 is 1.79. The van der Waals surface area contributed by atoms with E-state index in [-0.39, 0.29) is 17.2 Å². The fraction of sp³-hybridized carbons (Fsp3) is 0.0455. The monoisotopic (exact) mass is 465 g/mol. The highest BCUT2D eigenvalue weighted by Gasteiger charge is 2.19. The number of aromatic nitrogens is 4. The Kier molecular flexibility index (Phi) is 6.48. The molecule has 0 fully saturated rings. The third kappa shape index (κ3) is 4.79. The van der Waals surface area contributed by atoms with Gasteiger partial charge in [0.05, 0.1) is 22.0 Å². The highest BCUT2D eigenvalue weighted by molar-refractivity contribution is 7.99. The summed E-state index contributed by atoms with van der Waals surface area (Å²) in [7, 11) is 0. The van der Waals surface area contributed by atoms with Crippen LogP contribution in [0.4, 0.5) is 5.69 Å². The van der Waals surface area contributed by atoms with Gasteiger partial charge in [0, 0.05) is 23.6 Å². The number of rotatable bonds is 7. The number of thioether (sulfide) groups is 1. The molecule has 0 saturated heterocycles. The number of benzene rings is 2. The van der Waals surface area contributed by atoms with E-state index in [4.69, 9.17) is 16.7 Å². The molecule has 0 unspecified atom stereocenters. The first kappa shape index (κ1) is 21.5. The van der Waals surface area contributed by atoms with Crippen LogP contribution in [-0.4, -0.2) is 42.5 Å². The van der Waals surface area contributed by atoms with E-state index in [1.54, 1.807) is 41.2 Å². The minimum Gasteiger partial charge on any atom is -0.478 e. The highest BCUT2D eigenvalue weighted by atomic mass is 35.5. The fourth-order valence-electron chi connectivity index (χ4n) is 2.92. The Morgan fingerprint density at radius 1 is 1.03 bits per heavy atom. The Labute approximate surface area is 192 Å². The smallest absolute Gasteiger partial charge is 0.335 e. The third-order valence-corrected chi connectivity index (χ3v) is 5.64. The molecule has 2 N–H and O–H groups in total. The van der Waals surface area contributed by atoms with Gasteiger partial charge in [-0.15, -0.1) is 10.2 Å². The number of anilines is 1. The molecule has 0 aliphatic rings. The maximum Gasteiger partial charge on any atom is 0.335 e. The van der Waals surface area contributed by atoms with E-state index in [0.29, 0.717) is 27.4 Å². The number of carbonyl (C=O) groups excluding carboxylic acids is 1. The predicted octanol–water partition coefficient (Wildman–Crippen LogP) is 4.41. The Bertz CT molecular complexity index is 1260. The SMILES string of the molecule is O=C(CSc1nnc(-c2cccnc2)n1-c1ccccc1Cl)Nc1ccc(C(=O)O)cc1. The molecule has 32 heavy (non-hydrogen) atoms. The van der Waals surface area contributed by atoms with Crippen LogP contribution >= 0.6 is 23.4 Å². The second-order valence-electron chi connectivity index (χ2n) is 6.55. The van der Waals surface area contributed by atoms with Gasteiger partial charge in [0.25, 0.3) is 0 Å². The number of pyridine rings is 1. The summed E-state index contributed by atoms with van der Waals surface area (Å²) in [5.74, 6) is -0.675. The second-order valence-corrected chi connectivity index (χ2v) is 7.90. The number of carboxylic acid groups (broad SMARTS) is 1. The second kappa shape index (κ2) is 9.63. The Hall–Kier alpha value is -3.69. The van der Waals surface area contributed by atoms with Crippen LogP contribution in [0.2, 0.25) is 5.02 Å². The highest BCUT2D eigenvalue weighted by Crippen LogP contribution is 2.31. The van der Waals surface area contributed by atoms with Crippen molar-refractivity contribution in [1.29, 1.82) is 0 Å². The van der Waals surface area contributed by atoms with Crippen LogP contribution in [0.3, 0.4) is 0 Å². The average Bonchev–Trinajstić information content (AvgIpc) is 3.23. The van der Waals surface area contributed by atoms with Crippen molar-refractivity contribution in [2.75, 3.05) is 11.1 Å². The molecular formula is C22H16ClN5O3S. The number of carbonyl (C=O) groups is 2. The summed E-state index contributed by atoms with van der Waals surface area (Å²) in [6.45, 7) is 0. The van der Waals surface area contributed by atoms with Gasteiger partial charge in [0.15, 0.2) is 11.0 Å². The van der Waals surface area contributed by atoms with Crippen molar-refractivity contribution in [3.8, 4) is 17.1 Å². The van der Waals surface area contributed by atoms with Crippen molar-refractivity contribution < 1.29 is 14.7 Å². The van der Waals surface area contributed by atoms with Gasteiger partial charge in [0.2, 0.25) is 5.91 Å². The number of halogens is 1. The van der Waals surface area contributed by atoms with Crippen LogP contribution in [0.1, 0.15) is 10.4 Å². The van der Waals surface area contributed by atoms with Crippen LogP contribution in [0.5, 0.6) is 0 Å². The van der Waals surface area contributed by atoms with E-state index in [1.807, 2.05) is 24.3 Å². The lowest BCUT2D eigenvalue weighted by Gasteiger charge is -2.12. The Balaban J connectivity index is 1.56. The number of nitrogens with one attached hydrogen (secondary N) is 1. The molecule has 2 aromatic carbocycles. The minimum absolute atomic E-state index is 0.0658. The van der Waals surface area contributed by atoms with Crippen molar-refractivity contribution in [1.82, 2.24) is 19.7 Å². The van der Waals surface area contributed by atoms with Gasteiger partial charge in [-0.1, -0.05) is 35.5 Å². The first-order chi connectivity index (χ1) is 15.5. The van der Waals surface area contributed by atoms with E-state index in [0.717, 1.165) is 5.56 Å². The maximum absolute atomic E-state index is 12.5. The van der Waals surface area contributed by atoms with Gasteiger partial charge in [-0.05, 0) is 48.5 Å². The minimum atomic E-state index is -1.03. The molecule has 10 heteroatoms. The van der Waals surface area contributed by atoms with Gasteiger partial charge >= 0.3 is 5.97 Å². The molecule has 8 nitrogen and oxygen atoms in total. The van der Waals surface area contributed by atoms with E-state index in [1.165, 1.54) is 23.9 Å². The summed E-state index contributed by atoms with van der Waals surface area (Å²) in [5.41, 5.74) is 2.09. The average molecular weight is 466 g/mol. The summed E-state index contributed by atoms with van der Waals surface area (Å²) in [6.07, 6.45) is 3.35. The van der Waals surface area contributed by atoms with E-state index >= 15 is 0 Å². The zero-order valence-corrected chi connectivity index (χ0v) is 18.0. The first-order valence-corrected chi connectivity index (χ1v) is 10.8. The van der Waals surface area contributed by atoms with Crippen molar-refractivity contribution in [3.63, 3.8) is 0 Å². The van der Waals surface area contributed by atoms with Gasteiger partial charge in [0.1, 0.15) is 0 Å². The van der Waals surface area contributed by atoms with Gasteiger partial charge < -0.3 is 10.4 Å². The molecule has 0 aliphatic heterocycles. The lowest BCUT2D eigenvalue weighted by molar-refractivity contribution is -0.113. The molecule has 1 amide bonds. The Morgan fingerprint density at radius 3 is 2.50 bits per heavy atom. The van der Waals surface area contributed by atoms with Crippen LogP contribution in [-0.2, 0) is 4.79 Å². The number of amides is 1. The normalized spacial score (nSPS) is 10.7. The molecule has 0 aliphatic carbocycles. The molecule has 4 rings (SSSR count). The van der Waals surface area contributed by atoms with Gasteiger partial charge in [-0.25, -0.2) is 4.79 Å². The van der Waals surface area contributed by atoms with E-state index in [2.05, 4.69) is 20.5 Å². The molecule has 4 aromatic rings. The van der Waals surface area contributed by atoms with Crippen molar-refractivity contribution >= 4 is 40.9 Å². The standard InChI is InChI=1S/C22H16ClN5O3S/c23-17-5-1-2-6-18(17)28-20(15-4-3-11-24-12-15)26-27-22(28)32-13-19(29)25-16-9-7-14(8-10-16)21(30)31/h1-12H,13H2,(H,25,29)(H,30,31). The fourth-order valence-corrected chi connectivity index (χ4v) is 3.88. The molecular weight excluding hydrogens is 450 g/mol. The van der Waals surface area contributed by atoms with Crippen molar-refractivity contribution in [2.24, 2.45) is 0 Å². The number of carboxylic acids is 1. The molecule has 160 valence electrons. The first-order valence-electron chi connectivity index (χ1n) is 9.39. The third-order valence-electron chi connectivity index (χ3n) is 4.39. The Morgan fingerprint density at radius 2 is 1.81 bits per heavy atom. The topological polar surface area (TPSA) is 110 Å². The molecule has 0 atom stereocenters. The van der Waals surface area contributed by atoms with Gasteiger partial charge in [-0.3, -0.25) is 14.3 Å². The molecule has 0 spiro atoms. The summed E-state index contributed by atoms with van der Waals surface area (Å²) >= 11 is 7.64. The van der Waals surface area contributed by atoms with E-state index in [9.17, 15) is 9.59 Å². The molecule has 0 radical (unpaired) electrons. The van der Waals surface area contributed by atoms with Crippen LogP contribution in [0, 0.1) is 0 Å². The summed E-state index contributed by atoms with van der Waals surface area (Å²) in [4.78, 5) is 27.6. The number of hydrogen-bond acceptors (Lipinski definition) is 6. The summed E-state index contributed by atoms with van der Waals surface area (Å²) in [6, 6.07) is 16.9. The van der Waals surface area contributed by atoms with Crippen molar-refractivity contribution in [3.05, 3.63) is 83.6 Å². The molecule has 2 heterocycles. The maximum atomic E-state index is 12.5. The number of para-hydroxylation sites is 1. The van der Waals surface area contributed by atoms with Gasteiger partial charge in [-0.2, -0.15) is 0 Å². The van der Waals surface area contributed by atoms with E-state index < -0.39 is 5.97 Å². The lowest BCUT2D eigenvalue weighted by Crippen LogP contribution is -2.14. The predicted molar refractivity (Wildman–Crippen MR) is 122 cm³/mol. The van der Waals surface area contributed by atoms with Crippen molar-refractivity contribution in [2.45, 2.75) is 5.16 Å². The molecule has 2 aromatic heterocycles. The number of hydrogen-bond donors (Lipinski definition) is 2.